The van der Waals surface area contributed by atoms with Crippen molar-refractivity contribution >= 4 is 5.96 Å². The van der Waals surface area contributed by atoms with E-state index < -0.39 is 0 Å². The zero-order valence-corrected chi connectivity index (χ0v) is 10.9. The van der Waals surface area contributed by atoms with Crippen LogP contribution in [0.25, 0.3) is 0 Å². The lowest BCUT2D eigenvalue weighted by Crippen LogP contribution is -2.36. The smallest absolute Gasteiger partial charge is 0.188 e. The molecule has 0 saturated carbocycles. The summed E-state index contributed by atoms with van der Waals surface area (Å²) in [4.78, 5) is 4.24. The number of hydrogen-bond acceptors (Lipinski definition) is 2. The van der Waals surface area contributed by atoms with Crippen LogP contribution in [0.15, 0.2) is 4.99 Å². The highest BCUT2D eigenvalue weighted by molar-refractivity contribution is 5.77. The van der Waals surface area contributed by atoms with Crippen molar-refractivity contribution in [2.24, 2.45) is 22.6 Å². The Hall–Kier alpha value is -0.770. The number of aliphatic imine (C=N–C) groups is 1. The Morgan fingerprint density at radius 2 is 2.06 bits per heavy atom. The lowest BCUT2D eigenvalue weighted by atomic mass is 10.0. The van der Waals surface area contributed by atoms with E-state index in [1.807, 2.05) is 0 Å². The van der Waals surface area contributed by atoms with Gasteiger partial charge in [0, 0.05) is 19.7 Å². The van der Waals surface area contributed by atoms with Gasteiger partial charge in [-0.15, -0.1) is 0 Å². The van der Waals surface area contributed by atoms with Gasteiger partial charge in [0.2, 0.25) is 0 Å². The number of nitrogens with two attached hydrogens (primary N) is 1. The molecule has 0 amide bonds. The first kappa shape index (κ1) is 15.2. The maximum atomic E-state index is 8.92. The Kier molecular flexibility index (Phi) is 9.00. The van der Waals surface area contributed by atoms with Crippen molar-refractivity contribution in [2.75, 3.05) is 19.7 Å². The van der Waals surface area contributed by atoms with Crippen LogP contribution in [-0.2, 0) is 0 Å². The number of nitrogens with one attached hydrogen (secondary N) is 1. The second kappa shape index (κ2) is 9.46. The highest BCUT2D eigenvalue weighted by Crippen LogP contribution is 2.08. The Bertz CT molecular complexity index is 187. The molecule has 0 rings (SSSR count). The standard InChI is InChI=1S/C12H27N3O/c1-4-5-11(6-7-16)9-15-12(13)14-8-10(2)3/h10-11,16H,4-9H2,1-3H3,(H3,13,14,15). The number of aliphatic hydroxyl groups excluding tert-OH is 1. The van der Waals surface area contributed by atoms with Gasteiger partial charge < -0.3 is 16.2 Å². The Morgan fingerprint density at radius 1 is 1.38 bits per heavy atom. The quantitative estimate of drug-likeness (QED) is 0.434. The number of aliphatic hydroxyl groups is 1. The Balaban J connectivity index is 3.84. The van der Waals surface area contributed by atoms with Crippen LogP contribution < -0.4 is 11.1 Å². The van der Waals surface area contributed by atoms with E-state index in [-0.39, 0.29) is 6.61 Å². The molecule has 0 aliphatic rings. The molecule has 0 aromatic heterocycles. The van der Waals surface area contributed by atoms with E-state index >= 15 is 0 Å². The van der Waals surface area contributed by atoms with Gasteiger partial charge in [0.25, 0.3) is 0 Å². The van der Waals surface area contributed by atoms with Crippen LogP contribution in [0, 0.1) is 11.8 Å². The summed E-state index contributed by atoms with van der Waals surface area (Å²) in [5.41, 5.74) is 5.74. The van der Waals surface area contributed by atoms with Gasteiger partial charge in [-0.2, -0.15) is 0 Å². The second-order valence-corrected chi connectivity index (χ2v) is 4.67. The van der Waals surface area contributed by atoms with Crippen molar-refractivity contribution in [1.29, 1.82) is 0 Å². The molecular formula is C12H27N3O. The maximum absolute atomic E-state index is 8.92. The van der Waals surface area contributed by atoms with Crippen molar-refractivity contribution < 1.29 is 5.11 Å². The molecular weight excluding hydrogens is 202 g/mol. The summed E-state index contributed by atoms with van der Waals surface area (Å²) in [6, 6.07) is 0. The minimum atomic E-state index is 0.245. The SMILES string of the molecule is CCCC(CCO)CNC(N)=NCC(C)C. The maximum Gasteiger partial charge on any atom is 0.188 e. The van der Waals surface area contributed by atoms with Crippen LogP contribution in [0.3, 0.4) is 0 Å². The third kappa shape index (κ3) is 8.53. The zero-order chi connectivity index (χ0) is 12.4. The first-order valence-corrected chi connectivity index (χ1v) is 6.24. The van der Waals surface area contributed by atoms with Gasteiger partial charge in [-0.05, 0) is 24.7 Å². The fraction of sp³-hybridized carbons (Fsp3) is 0.917. The Labute approximate surface area is 99.3 Å². The normalized spacial score (nSPS) is 14.2. The fourth-order valence-electron chi connectivity index (χ4n) is 1.53. The van der Waals surface area contributed by atoms with Gasteiger partial charge in [-0.3, -0.25) is 4.99 Å². The van der Waals surface area contributed by atoms with E-state index in [4.69, 9.17) is 10.8 Å². The van der Waals surface area contributed by atoms with Gasteiger partial charge in [-0.1, -0.05) is 27.2 Å². The van der Waals surface area contributed by atoms with Crippen LogP contribution in [0.5, 0.6) is 0 Å². The summed E-state index contributed by atoms with van der Waals surface area (Å²) in [7, 11) is 0. The van der Waals surface area contributed by atoms with E-state index in [9.17, 15) is 0 Å². The van der Waals surface area contributed by atoms with Gasteiger partial charge in [0.1, 0.15) is 0 Å². The molecule has 1 unspecified atom stereocenters. The summed E-state index contributed by atoms with van der Waals surface area (Å²) < 4.78 is 0. The third-order valence-electron chi connectivity index (χ3n) is 2.43. The molecule has 16 heavy (non-hydrogen) atoms. The van der Waals surface area contributed by atoms with Crippen LogP contribution in [-0.4, -0.2) is 30.8 Å². The minimum Gasteiger partial charge on any atom is -0.396 e. The summed E-state index contributed by atoms with van der Waals surface area (Å²) in [5.74, 6) is 1.54. The molecule has 0 radical (unpaired) electrons. The molecule has 1 atom stereocenters. The van der Waals surface area contributed by atoms with E-state index in [0.29, 0.717) is 17.8 Å². The Morgan fingerprint density at radius 3 is 2.56 bits per heavy atom. The van der Waals surface area contributed by atoms with Crippen molar-refractivity contribution in [3.63, 3.8) is 0 Å². The average Bonchev–Trinajstić information content (AvgIpc) is 2.23. The van der Waals surface area contributed by atoms with Crippen molar-refractivity contribution in [2.45, 2.75) is 40.0 Å². The van der Waals surface area contributed by atoms with E-state index in [1.54, 1.807) is 0 Å². The lowest BCUT2D eigenvalue weighted by Gasteiger charge is -2.16. The predicted molar refractivity (Wildman–Crippen MR) is 69.4 cm³/mol. The van der Waals surface area contributed by atoms with Crippen LogP contribution in [0.1, 0.15) is 40.0 Å². The minimum absolute atomic E-state index is 0.245. The first-order chi connectivity index (χ1) is 7.60. The van der Waals surface area contributed by atoms with Gasteiger partial charge in [-0.25, -0.2) is 0 Å². The van der Waals surface area contributed by atoms with E-state index in [0.717, 1.165) is 32.4 Å². The highest BCUT2D eigenvalue weighted by atomic mass is 16.3. The molecule has 0 aromatic rings. The molecule has 0 bridgehead atoms. The number of guanidine groups is 1. The van der Waals surface area contributed by atoms with E-state index in [2.05, 4.69) is 31.1 Å². The molecule has 0 aliphatic heterocycles. The number of rotatable bonds is 8. The molecule has 4 heteroatoms. The van der Waals surface area contributed by atoms with Gasteiger partial charge in [0.05, 0.1) is 0 Å². The number of nitrogens with zero attached hydrogens (tertiary/aromatic N) is 1. The molecule has 4 N–H and O–H groups in total. The molecule has 0 heterocycles. The monoisotopic (exact) mass is 229 g/mol. The first-order valence-electron chi connectivity index (χ1n) is 6.24. The molecule has 0 fully saturated rings. The summed E-state index contributed by atoms with van der Waals surface area (Å²) in [6.45, 7) is 8.19. The second-order valence-electron chi connectivity index (χ2n) is 4.67. The van der Waals surface area contributed by atoms with Gasteiger partial charge in [0.15, 0.2) is 5.96 Å². The molecule has 0 aliphatic carbocycles. The average molecular weight is 229 g/mol. The van der Waals surface area contributed by atoms with Crippen LogP contribution >= 0.6 is 0 Å². The predicted octanol–water partition coefficient (Wildman–Crippen LogP) is 1.35. The van der Waals surface area contributed by atoms with Gasteiger partial charge >= 0.3 is 0 Å². The topological polar surface area (TPSA) is 70.6 Å². The largest absolute Gasteiger partial charge is 0.396 e. The fourth-order valence-corrected chi connectivity index (χ4v) is 1.53. The lowest BCUT2D eigenvalue weighted by molar-refractivity contribution is 0.251. The highest BCUT2D eigenvalue weighted by Gasteiger charge is 2.07. The molecule has 96 valence electrons. The summed E-state index contributed by atoms with van der Waals surface area (Å²) in [5, 5.41) is 12.0. The van der Waals surface area contributed by atoms with Crippen LogP contribution in [0.4, 0.5) is 0 Å². The van der Waals surface area contributed by atoms with Crippen molar-refractivity contribution in [3.05, 3.63) is 0 Å². The third-order valence-corrected chi connectivity index (χ3v) is 2.43. The molecule has 4 nitrogen and oxygen atoms in total. The molecule has 0 spiro atoms. The van der Waals surface area contributed by atoms with Crippen LogP contribution in [0.2, 0.25) is 0 Å². The number of hydrogen-bond donors (Lipinski definition) is 3. The zero-order valence-electron chi connectivity index (χ0n) is 10.9. The van der Waals surface area contributed by atoms with Crippen molar-refractivity contribution in [1.82, 2.24) is 5.32 Å². The molecule has 0 saturated heterocycles. The summed E-state index contributed by atoms with van der Waals surface area (Å²) in [6.07, 6.45) is 3.08. The van der Waals surface area contributed by atoms with Crippen molar-refractivity contribution in [3.8, 4) is 0 Å². The summed E-state index contributed by atoms with van der Waals surface area (Å²) >= 11 is 0. The van der Waals surface area contributed by atoms with E-state index in [1.165, 1.54) is 0 Å². The molecule has 0 aromatic carbocycles.